The van der Waals surface area contributed by atoms with Gasteiger partial charge >= 0.3 is 0 Å². The Kier molecular flexibility index (Phi) is 4.26. The summed E-state index contributed by atoms with van der Waals surface area (Å²) in [5, 5.41) is 17.4. The summed E-state index contributed by atoms with van der Waals surface area (Å²) in [6.07, 6.45) is 0.279. The number of aromatic nitrogens is 4. The Morgan fingerprint density at radius 2 is 1.89 bits per heavy atom. The predicted molar refractivity (Wildman–Crippen MR) is 103 cm³/mol. The number of anilines is 1. The molecule has 0 spiro atoms. The maximum Gasteiger partial charge on any atom is 0.252 e. The van der Waals surface area contributed by atoms with E-state index < -0.39 is 0 Å². The van der Waals surface area contributed by atoms with Gasteiger partial charge in [-0.1, -0.05) is 6.07 Å². The molecule has 0 bridgehead atoms. The van der Waals surface area contributed by atoms with Crippen LogP contribution in [0.4, 0.5) is 5.82 Å². The summed E-state index contributed by atoms with van der Waals surface area (Å²) < 4.78 is 6.82. The lowest BCUT2D eigenvalue weighted by Gasteiger charge is -2.24. The highest BCUT2D eigenvalue weighted by Gasteiger charge is 2.33. The van der Waals surface area contributed by atoms with E-state index in [1.807, 2.05) is 26.8 Å². The van der Waals surface area contributed by atoms with Gasteiger partial charge in [0.2, 0.25) is 5.91 Å². The van der Waals surface area contributed by atoms with Crippen LogP contribution in [-0.2, 0) is 4.79 Å². The Morgan fingerprint density at radius 1 is 1.18 bits per heavy atom. The third kappa shape index (κ3) is 2.96. The molecule has 0 saturated carbocycles. The highest BCUT2D eigenvalue weighted by atomic mass is 16.5. The van der Waals surface area contributed by atoms with Crippen LogP contribution in [0.25, 0.3) is 5.95 Å². The molecule has 1 amide bonds. The SMILES string of the molecule is COc1cc([C@H]2CC(=O)Nc3c2c(C)nn3-c2nc(C)cc(C)n2)ccc1O. The number of nitrogens with zero attached hydrogens (tertiary/aromatic N) is 4. The number of carbonyl (C=O) groups excluding carboxylic acids is 1. The maximum atomic E-state index is 12.5. The number of phenolic OH excluding ortho intramolecular Hbond substituents is 1. The van der Waals surface area contributed by atoms with Crippen molar-refractivity contribution in [3.05, 3.63) is 52.5 Å². The Hall–Kier alpha value is -3.42. The zero-order valence-corrected chi connectivity index (χ0v) is 16.1. The number of phenols is 1. The second kappa shape index (κ2) is 6.63. The molecule has 0 unspecified atom stereocenters. The minimum Gasteiger partial charge on any atom is -0.504 e. The van der Waals surface area contributed by atoms with E-state index in [1.165, 1.54) is 7.11 Å². The summed E-state index contributed by atoms with van der Waals surface area (Å²) in [7, 11) is 1.50. The van der Waals surface area contributed by atoms with Gasteiger partial charge in [-0.25, -0.2) is 9.97 Å². The summed E-state index contributed by atoms with van der Waals surface area (Å²) in [6.45, 7) is 5.69. The first-order chi connectivity index (χ1) is 13.4. The van der Waals surface area contributed by atoms with Gasteiger partial charge in [-0.2, -0.15) is 9.78 Å². The number of hydrogen-bond acceptors (Lipinski definition) is 6. The van der Waals surface area contributed by atoms with Crippen LogP contribution in [0.5, 0.6) is 11.5 Å². The van der Waals surface area contributed by atoms with Crippen molar-refractivity contribution in [2.45, 2.75) is 33.1 Å². The van der Waals surface area contributed by atoms with Gasteiger partial charge in [-0.3, -0.25) is 4.79 Å². The molecule has 0 radical (unpaired) electrons. The summed E-state index contributed by atoms with van der Waals surface area (Å²) in [5.74, 6) is 1.10. The number of aryl methyl sites for hydroxylation is 3. The van der Waals surface area contributed by atoms with Crippen molar-refractivity contribution in [2.24, 2.45) is 0 Å². The molecule has 2 N–H and O–H groups in total. The molecule has 1 aromatic carbocycles. The van der Waals surface area contributed by atoms with Gasteiger partial charge in [0.1, 0.15) is 5.82 Å². The number of aromatic hydroxyl groups is 1. The van der Waals surface area contributed by atoms with E-state index >= 15 is 0 Å². The smallest absolute Gasteiger partial charge is 0.252 e. The number of rotatable bonds is 3. The fourth-order valence-electron chi connectivity index (χ4n) is 3.69. The second-order valence-electron chi connectivity index (χ2n) is 6.95. The highest BCUT2D eigenvalue weighted by Crippen LogP contribution is 2.41. The first-order valence-electron chi connectivity index (χ1n) is 8.96. The first kappa shape index (κ1) is 18.0. The van der Waals surface area contributed by atoms with Crippen molar-refractivity contribution in [1.82, 2.24) is 19.7 Å². The Labute approximate surface area is 162 Å². The van der Waals surface area contributed by atoms with Crippen LogP contribution in [0.3, 0.4) is 0 Å². The van der Waals surface area contributed by atoms with Crippen LogP contribution >= 0.6 is 0 Å². The number of amides is 1. The van der Waals surface area contributed by atoms with Crippen molar-refractivity contribution in [1.29, 1.82) is 0 Å². The van der Waals surface area contributed by atoms with Crippen molar-refractivity contribution < 1.29 is 14.6 Å². The lowest BCUT2D eigenvalue weighted by molar-refractivity contribution is -0.116. The molecular formula is C20H21N5O3. The first-order valence-corrected chi connectivity index (χ1v) is 8.96. The number of hydrogen-bond donors (Lipinski definition) is 2. The monoisotopic (exact) mass is 379 g/mol. The molecule has 4 rings (SSSR count). The molecule has 8 heteroatoms. The van der Waals surface area contributed by atoms with Gasteiger partial charge < -0.3 is 15.2 Å². The van der Waals surface area contributed by atoms with Crippen LogP contribution in [0.15, 0.2) is 24.3 Å². The summed E-state index contributed by atoms with van der Waals surface area (Å²) in [5.41, 5.74) is 4.22. The van der Waals surface area contributed by atoms with Crippen LogP contribution < -0.4 is 10.1 Å². The van der Waals surface area contributed by atoms with Crippen LogP contribution in [0, 0.1) is 20.8 Å². The number of nitrogens with one attached hydrogen (secondary N) is 1. The summed E-state index contributed by atoms with van der Waals surface area (Å²) in [4.78, 5) is 21.4. The number of benzene rings is 1. The van der Waals surface area contributed by atoms with Gasteiger partial charge in [-0.05, 0) is 44.5 Å². The van der Waals surface area contributed by atoms with Crippen molar-refractivity contribution >= 4 is 11.7 Å². The lowest BCUT2D eigenvalue weighted by atomic mass is 9.85. The third-order valence-corrected chi connectivity index (χ3v) is 4.87. The Bertz CT molecular complexity index is 1070. The van der Waals surface area contributed by atoms with E-state index in [0.717, 1.165) is 28.2 Å². The van der Waals surface area contributed by atoms with Crippen molar-refractivity contribution in [2.75, 3.05) is 12.4 Å². The van der Waals surface area contributed by atoms with Crippen molar-refractivity contribution in [3.63, 3.8) is 0 Å². The zero-order chi connectivity index (χ0) is 20.0. The normalized spacial score (nSPS) is 15.9. The van der Waals surface area contributed by atoms with E-state index in [1.54, 1.807) is 22.9 Å². The topological polar surface area (TPSA) is 102 Å². The van der Waals surface area contributed by atoms with Crippen LogP contribution in [0.2, 0.25) is 0 Å². The fraction of sp³-hybridized carbons (Fsp3) is 0.300. The minimum atomic E-state index is -0.210. The molecule has 2 aromatic heterocycles. The van der Waals surface area contributed by atoms with E-state index in [9.17, 15) is 9.90 Å². The average Bonchev–Trinajstić information content (AvgIpc) is 2.97. The lowest BCUT2D eigenvalue weighted by Crippen LogP contribution is -2.25. The van der Waals surface area contributed by atoms with Gasteiger partial charge in [-0.15, -0.1) is 0 Å². The Balaban J connectivity index is 1.88. The summed E-state index contributed by atoms with van der Waals surface area (Å²) >= 11 is 0. The quantitative estimate of drug-likeness (QED) is 0.725. The Morgan fingerprint density at radius 3 is 2.57 bits per heavy atom. The molecule has 1 aliphatic heterocycles. The molecule has 1 atom stereocenters. The van der Waals surface area contributed by atoms with Gasteiger partial charge in [0.15, 0.2) is 11.5 Å². The van der Waals surface area contributed by atoms with E-state index in [-0.39, 0.29) is 24.0 Å². The number of fused-ring (bicyclic) bond motifs is 1. The minimum absolute atomic E-state index is 0.0581. The second-order valence-corrected chi connectivity index (χ2v) is 6.95. The molecule has 3 aromatic rings. The van der Waals surface area contributed by atoms with E-state index in [2.05, 4.69) is 20.4 Å². The van der Waals surface area contributed by atoms with Gasteiger partial charge in [0, 0.05) is 29.3 Å². The molecule has 144 valence electrons. The maximum absolute atomic E-state index is 12.5. The molecule has 0 saturated heterocycles. The van der Waals surface area contributed by atoms with Gasteiger partial charge in [0.05, 0.1) is 12.8 Å². The molecule has 0 fully saturated rings. The highest BCUT2D eigenvalue weighted by molar-refractivity contribution is 5.95. The molecule has 0 aliphatic carbocycles. The van der Waals surface area contributed by atoms with Crippen molar-refractivity contribution in [3.8, 4) is 17.4 Å². The third-order valence-electron chi connectivity index (χ3n) is 4.87. The molecular weight excluding hydrogens is 358 g/mol. The van der Waals surface area contributed by atoms with E-state index in [0.29, 0.717) is 17.5 Å². The van der Waals surface area contributed by atoms with E-state index in [4.69, 9.17) is 4.74 Å². The van der Waals surface area contributed by atoms with Crippen LogP contribution in [-0.4, -0.2) is 37.9 Å². The molecule has 1 aliphatic rings. The largest absolute Gasteiger partial charge is 0.504 e. The number of methoxy groups -OCH3 is 1. The average molecular weight is 379 g/mol. The number of carbonyl (C=O) groups is 1. The van der Waals surface area contributed by atoms with Crippen LogP contribution in [0.1, 0.15) is 40.5 Å². The van der Waals surface area contributed by atoms with Gasteiger partial charge in [0.25, 0.3) is 5.95 Å². The fourth-order valence-corrected chi connectivity index (χ4v) is 3.69. The summed E-state index contributed by atoms with van der Waals surface area (Å²) in [6, 6.07) is 7.02. The molecule has 28 heavy (non-hydrogen) atoms. The molecule has 3 heterocycles. The standard InChI is InChI=1S/C20H21N5O3/c1-10-7-11(2)22-20(21-10)25-19-18(12(3)24-25)14(9-17(27)23-19)13-5-6-15(26)16(8-13)28-4/h5-8,14,26H,9H2,1-4H3,(H,23,27)/t14-/m1/s1. The predicted octanol–water partition coefficient (Wildman–Crippen LogP) is 2.78. The zero-order valence-electron chi connectivity index (χ0n) is 16.1. The molecule has 8 nitrogen and oxygen atoms in total. The number of ether oxygens (including phenoxy) is 1.